The number of aryl methyl sites for hydroxylation is 1. The summed E-state index contributed by atoms with van der Waals surface area (Å²) in [6.07, 6.45) is 3.35. The molecule has 2 rings (SSSR count). The molecule has 0 amide bonds. The van der Waals surface area contributed by atoms with Gasteiger partial charge in [-0.3, -0.25) is 0 Å². The number of nitrogens with zero attached hydrogens (tertiary/aromatic N) is 1. The molecule has 0 radical (unpaired) electrons. The van der Waals surface area contributed by atoms with Crippen molar-refractivity contribution in [2.75, 3.05) is 5.32 Å². The first-order valence-corrected chi connectivity index (χ1v) is 4.53. The molecular weight excluding hydrogens is 176 g/mol. The molecule has 3 heteroatoms. The number of hydrogen-bond acceptors (Lipinski definition) is 3. The number of anilines is 1. The quantitative estimate of drug-likeness (QED) is 0.804. The van der Waals surface area contributed by atoms with Crippen molar-refractivity contribution in [2.24, 2.45) is 0 Å². The summed E-state index contributed by atoms with van der Waals surface area (Å²) in [7, 11) is 0. The second-order valence-corrected chi connectivity index (χ2v) is 3.25. The molecule has 3 nitrogen and oxygen atoms in total. The van der Waals surface area contributed by atoms with Gasteiger partial charge in [-0.2, -0.15) is 0 Å². The van der Waals surface area contributed by atoms with Gasteiger partial charge in [0.05, 0.1) is 6.20 Å². The first-order valence-electron chi connectivity index (χ1n) is 4.53. The standard InChI is InChI=1S/C11H12N2O/c1-9-2-4-11(5-3-9)12-6-10-7-13-14-8-10/h2-5,7-8,12H,6H2,1H3. The van der Waals surface area contributed by atoms with E-state index < -0.39 is 0 Å². The Hall–Kier alpha value is -1.77. The van der Waals surface area contributed by atoms with Crippen molar-refractivity contribution < 1.29 is 4.52 Å². The molecule has 0 aliphatic carbocycles. The Morgan fingerprint density at radius 1 is 1.29 bits per heavy atom. The van der Waals surface area contributed by atoms with Gasteiger partial charge in [-0.15, -0.1) is 0 Å². The van der Waals surface area contributed by atoms with Crippen LogP contribution in [0.1, 0.15) is 11.1 Å². The molecule has 1 N–H and O–H groups in total. The van der Waals surface area contributed by atoms with Crippen molar-refractivity contribution in [2.45, 2.75) is 13.5 Å². The molecule has 0 unspecified atom stereocenters. The van der Waals surface area contributed by atoms with Crippen LogP contribution in [-0.4, -0.2) is 5.16 Å². The third-order valence-corrected chi connectivity index (χ3v) is 2.03. The molecule has 0 bridgehead atoms. The molecule has 0 atom stereocenters. The fraction of sp³-hybridized carbons (Fsp3) is 0.182. The molecule has 1 aromatic heterocycles. The lowest BCUT2D eigenvalue weighted by atomic mass is 10.2. The van der Waals surface area contributed by atoms with Gasteiger partial charge in [0.25, 0.3) is 0 Å². The van der Waals surface area contributed by atoms with E-state index in [1.54, 1.807) is 12.5 Å². The zero-order chi connectivity index (χ0) is 9.80. The average molecular weight is 188 g/mol. The molecule has 0 aliphatic heterocycles. The zero-order valence-corrected chi connectivity index (χ0v) is 8.03. The van der Waals surface area contributed by atoms with Crippen LogP contribution >= 0.6 is 0 Å². The van der Waals surface area contributed by atoms with Crippen molar-refractivity contribution in [1.82, 2.24) is 5.16 Å². The first kappa shape index (κ1) is 8.81. The number of rotatable bonds is 3. The largest absolute Gasteiger partial charge is 0.381 e. The minimum Gasteiger partial charge on any atom is -0.381 e. The van der Waals surface area contributed by atoms with Crippen LogP contribution < -0.4 is 5.32 Å². The monoisotopic (exact) mass is 188 g/mol. The van der Waals surface area contributed by atoms with E-state index in [1.807, 2.05) is 0 Å². The van der Waals surface area contributed by atoms with Crippen molar-refractivity contribution in [3.8, 4) is 0 Å². The molecule has 0 spiro atoms. The van der Waals surface area contributed by atoms with Crippen LogP contribution in [0.3, 0.4) is 0 Å². The van der Waals surface area contributed by atoms with E-state index in [0.717, 1.165) is 17.8 Å². The van der Waals surface area contributed by atoms with Gasteiger partial charge < -0.3 is 9.84 Å². The molecule has 0 aliphatic rings. The Morgan fingerprint density at radius 2 is 2.07 bits per heavy atom. The molecule has 1 heterocycles. The zero-order valence-electron chi connectivity index (χ0n) is 8.03. The lowest BCUT2D eigenvalue weighted by molar-refractivity contribution is 0.419. The maximum Gasteiger partial charge on any atom is 0.128 e. The topological polar surface area (TPSA) is 38.1 Å². The van der Waals surface area contributed by atoms with Gasteiger partial charge in [0.15, 0.2) is 0 Å². The van der Waals surface area contributed by atoms with Crippen LogP contribution in [0, 0.1) is 6.92 Å². The summed E-state index contributed by atoms with van der Waals surface area (Å²) in [5.74, 6) is 0. The Kier molecular flexibility index (Phi) is 2.49. The second-order valence-electron chi connectivity index (χ2n) is 3.25. The van der Waals surface area contributed by atoms with E-state index in [0.29, 0.717) is 0 Å². The molecule has 0 fully saturated rings. The third kappa shape index (κ3) is 2.13. The molecule has 1 aromatic carbocycles. The Labute approximate surface area is 82.7 Å². The maximum atomic E-state index is 4.73. The van der Waals surface area contributed by atoms with Crippen molar-refractivity contribution in [3.05, 3.63) is 47.9 Å². The van der Waals surface area contributed by atoms with E-state index in [2.05, 4.69) is 41.7 Å². The van der Waals surface area contributed by atoms with Gasteiger partial charge >= 0.3 is 0 Å². The van der Waals surface area contributed by atoms with Crippen molar-refractivity contribution >= 4 is 5.69 Å². The van der Waals surface area contributed by atoms with E-state index in [4.69, 9.17) is 4.52 Å². The molecule has 14 heavy (non-hydrogen) atoms. The van der Waals surface area contributed by atoms with Gasteiger partial charge in [0.2, 0.25) is 0 Å². The normalized spacial score (nSPS) is 10.1. The summed E-state index contributed by atoms with van der Waals surface area (Å²) < 4.78 is 4.73. The van der Waals surface area contributed by atoms with Gasteiger partial charge in [-0.05, 0) is 19.1 Å². The van der Waals surface area contributed by atoms with E-state index >= 15 is 0 Å². The summed E-state index contributed by atoms with van der Waals surface area (Å²) in [5, 5.41) is 6.91. The predicted octanol–water partition coefficient (Wildman–Crippen LogP) is 2.60. The van der Waals surface area contributed by atoms with Gasteiger partial charge in [-0.25, -0.2) is 0 Å². The summed E-state index contributed by atoms with van der Waals surface area (Å²) in [4.78, 5) is 0. The molecule has 0 saturated carbocycles. The number of nitrogens with one attached hydrogen (secondary N) is 1. The van der Waals surface area contributed by atoms with Crippen LogP contribution in [0.4, 0.5) is 5.69 Å². The molecule has 72 valence electrons. The van der Waals surface area contributed by atoms with Crippen molar-refractivity contribution in [3.63, 3.8) is 0 Å². The fourth-order valence-corrected chi connectivity index (χ4v) is 1.19. The summed E-state index contributed by atoms with van der Waals surface area (Å²) >= 11 is 0. The lowest BCUT2D eigenvalue weighted by Gasteiger charge is -2.03. The summed E-state index contributed by atoms with van der Waals surface area (Å²) in [6.45, 7) is 2.82. The Morgan fingerprint density at radius 3 is 2.71 bits per heavy atom. The predicted molar refractivity (Wildman–Crippen MR) is 55.0 cm³/mol. The highest BCUT2D eigenvalue weighted by Gasteiger charge is 1.95. The highest BCUT2D eigenvalue weighted by Crippen LogP contribution is 2.10. The highest BCUT2D eigenvalue weighted by atomic mass is 16.5. The van der Waals surface area contributed by atoms with Gasteiger partial charge in [-0.1, -0.05) is 22.9 Å². The van der Waals surface area contributed by atoms with Crippen LogP contribution in [0.2, 0.25) is 0 Å². The number of hydrogen-bond donors (Lipinski definition) is 1. The SMILES string of the molecule is Cc1ccc(NCc2cnoc2)cc1. The fourth-order valence-electron chi connectivity index (χ4n) is 1.19. The van der Waals surface area contributed by atoms with E-state index in [1.165, 1.54) is 5.56 Å². The first-order chi connectivity index (χ1) is 6.84. The molecule has 2 aromatic rings. The number of benzene rings is 1. The smallest absolute Gasteiger partial charge is 0.128 e. The minimum absolute atomic E-state index is 0.743. The van der Waals surface area contributed by atoms with E-state index in [9.17, 15) is 0 Å². The van der Waals surface area contributed by atoms with Crippen molar-refractivity contribution in [1.29, 1.82) is 0 Å². The number of aromatic nitrogens is 1. The Bertz CT molecular complexity index is 378. The average Bonchev–Trinajstić information content (AvgIpc) is 2.70. The summed E-state index contributed by atoms with van der Waals surface area (Å²) in [5.41, 5.74) is 3.42. The van der Waals surface area contributed by atoms with Crippen LogP contribution in [0.5, 0.6) is 0 Å². The molecular formula is C11H12N2O. The minimum atomic E-state index is 0.743. The van der Waals surface area contributed by atoms with E-state index in [-0.39, 0.29) is 0 Å². The third-order valence-electron chi connectivity index (χ3n) is 2.03. The van der Waals surface area contributed by atoms with Crippen LogP contribution in [-0.2, 0) is 6.54 Å². The van der Waals surface area contributed by atoms with Gasteiger partial charge in [0, 0.05) is 17.8 Å². The maximum absolute atomic E-state index is 4.73. The Balaban J connectivity index is 1.95. The second kappa shape index (κ2) is 3.96. The highest BCUT2D eigenvalue weighted by molar-refractivity contribution is 5.44. The molecule has 0 saturated heterocycles. The summed E-state index contributed by atoms with van der Waals surface area (Å²) in [6, 6.07) is 8.28. The van der Waals surface area contributed by atoms with Gasteiger partial charge in [0.1, 0.15) is 6.26 Å². The van der Waals surface area contributed by atoms with Crippen LogP contribution in [0.25, 0.3) is 0 Å². The van der Waals surface area contributed by atoms with Crippen LogP contribution in [0.15, 0.2) is 41.2 Å². The lowest BCUT2D eigenvalue weighted by Crippen LogP contribution is -1.97.